The van der Waals surface area contributed by atoms with E-state index in [4.69, 9.17) is 9.47 Å². The van der Waals surface area contributed by atoms with Crippen molar-refractivity contribution >= 4 is 14.4 Å². The number of aromatic hydroxyl groups is 1. The average molecular weight is 262 g/mol. The molecule has 1 aromatic rings. The van der Waals surface area contributed by atoms with Gasteiger partial charge in [0, 0.05) is 0 Å². The summed E-state index contributed by atoms with van der Waals surface area (Å²) in [6.07, 6.45) is 2.33. The molecule has 0 aliphatic heterocycles. The summed E-state index contributed by atoms with van der Waals surface area (Å²) in [7, 11) is -0.716. The third kappa shape index (κ3) is 3.67. The van der Waals surface area contributed by atoms with E-state index in [9.17, 15) is 13.9 Å². The molecule has 0 aliphatic rings. The Hall–Kier alpha value is -1.68. The smallest absolute Gasteiger partial charge is 0.403 e. The molecule has 94 valence electrons. The van der Waals surface area contributed by atoms with Gasteiger partial charge in [0.25, 0.3) is 0 Å². The Labute approximate surface area is 98.4 Å². The van der Waals surface area contributed by atoms with Gasteiger partial charge < -0.3 is 19.1 Å². The van der Waals surface area contributed by atoms with Crippen LogP contribution in [0.5, 0.6) is 17.2 Å². The van der Waals surface area contributed by atoms with E-state index in [0.717, 1.165) is 6.26 Å². The molecule has 5 nitrogen and oxygen atoms in total. The van der Waals surface area contributed by atoms with Crippen molar-refractivity contribution in [3.05, 3.63) is 24.0 Å². The molecule has 0 fully saturated rings. The molecular weight excluding hydrogens is 250 g/mol. The van der Waals surface area contributed by atoms with Crippen molar-refractivity contribution in [2.75, 3.05) is 14.2 Å². The van der Waals surface area contributed by atoms with Crippen LogP contribution in [-0.2, 0) is 9.09 Å². The number of benzene rings is 1. The first-order chi connectivity index (χ1) is 8.08. The predicted molar refractivity (Wildman–Crippen MR) is 61.4 cm³/mol. The van der Waals surface area contributed by atoms with Gasteiger partial charge in [0.15, 0.2) is 11.5 Å². The number of rotatable bonds is 5. The number of hydrogen-bond acceptors (Lipinski definition) is 5. The third-order valence-electron chi connectivity index (χ3n) is 1.92. The fraction of sp³-hybridized carbons (Fsp3) is 0.200. The largest absolute Gasteiger partial charge is 0.502 e. The van der Waals surface area contributed by atoms with Crippen LogP contribution in [0, 0.1) is 0 Å². The topological polar surface area (TPSA) is 65.0 Å². The van der Waals surface area contributed by atoms with Crippen molar-refractivity contribution < 1.29 is 27.9 Å². The number of halogens is 1. The van der Waals surface area contributed by atoms with Crippen LogP contribution >= 0.6 is 8.34 Å². The molecule has 0 heterocycles. The maximum atomic E-state index is 11.9. The lowest BCUT2D eigenvalue weighted by Gasteiger charge is -2.09. The zero-order valence-corrected chi connectivity index (χ0v) is 10.3. The summed E-state index contributed by atoms with van der Waals surface area (Å²) in [5.41, 5.74) is 0.541. The molecule has 1 aromatic carbocycles. The zero-order chi connectivity index (χ0) is 12.8. The standard InChI is InChI=1S/C10H12FO5P/c1-14-8-5-7(3-4-16-17(11)13)6-9(15-2)10(8)12/h3-6,12,17H,1-2H3. The quantitative estimate of drug-likeness (QED) is 0.652. The van der Waals surface area contributed by atoms with E-state index < -0.39 is 8.34 Å². The molecule has 0 amide bonds. The molecule has 0 aliphatic carbocycles. The molecular formula is C10H12FO5P. The Bertz CT molecular complexity index is 421. The van der Waals surface area contributed by atoms with E-state index in [2.05, 4.69) is 4.52 Å². The highest BCUT2D eigenvalue weighted by Crippen LogP contribution is 2.37. The molecule has 0 spiro atoms. The van der Waals surface area contributed by atoms with Crippen LogP contribution in [-0.4, -0.2) is 19.3 Å². The molecule has 1 rings (SSSR count). The Morgan fingerprint density at radius 2 is 1.82 bits per heavy atom. The molecule has 7 heteroatoms. The van der Waals surface area contributed by atoms with Gasteiger partial charge in [0.05, 0.1) is 20.5 Å². The van der Waals surface area contributed by atoms with Gasteiger partial charge in [0.2, 0.25) is 5.75 Å². The number of phenolic OH excluding ortho intramolecular Hbond substituents is 1. The first-order valence-electron chi connectivity index (χ1n) is 4.56. The van der Waals surface area contributed by atoms with E-state index in [0.29, 0.717) is 5.56 Å². The van der Waals surface area contributed by atoms with Gasteiger partial charge in [0.1, 0.15) is 0 Å². The van der Waals surface area contributed by atoms with Crippen LogP contribution in [0.4, 0.5) is 4.20 Å². The first-order valence-corrected chi connectivity index (χ1v) is 5.75. The minimum atomic E-state index is -3.49. The minimum absolute atomic E-state index is 0.132. The highest BCUT2D eigenvalue weighted by molar-refractivity contribution is 7.32. The zero-order valence-electron chi connectivity index (χ0n) is 9.27. The van der Waals surface area contributed by atoms with Gasteiger partial charge in [-0.2, -0.15) is 0 Å². The summed E-state index contributed by atoms with van der Waals surface area (Å²) >= 11 is 0. The van der Waals surface area contributed by atoms with Crippen molar-refractivity contribution in [1.82, 2.24) is 0 Å². The van der Waals surface area contributed by atoms with E-state index >= 15 is 0 Å². The second-order valence-corrected chi connectivity index (χ2v) is 3.64. The van der Waals surface area contributed by atoms with E-state index in [1.165, 1.54) is 32.4 Å². The number of ether oxygens (including phenoxy) is 2. The molecule has 0 saturated carbocycles. The predicted octanol–water partition coefficient (Wildman–Crippen LogP) is 2.76. The highest BCUT2D eigenvalue weighted by Gasteiger charge is 2.09. The van der Waals surface area contributed by atoms with Crippen molar-refractivity contribution in [3.63, 3.8) is 0 Å². The molecule has 0 saturated heterocycles. The fourth-order valence-electron chi connectivity index (χ4n) is 1.18. The van der Waals surface area contributed by atoms with Gasteiger partial charge in [-0.1, -0.05) is 0 Å². The molecule has 1 N–H and O–H groups in total. The van der Waals surface area contributed by atoms with Crippen LogP contribution < -0.4 is 9.47 Å². The Kier molecular flexibility index (Phi) is 4.84. The monoisotopic (exact) mass is 262 g/mol. The van der Waals surface area contributed by atoms with Gasteiger partial charge in [-0.15, -0.1) is 4.20 Å². The average Bonchev–Trinajstić information content (AvgIpc) is 2.30. The van der Waals surface area contributed by atoms with Gasteiger partial charge >= 0.3 is 8.34 Å². The minimum Gasteiger partial charge on any atom is -0.502 e. The second-order valence-electron chi connectivity index (χ2n) is 2.93. The molecule has 0 aromatic heterocycles. The molecule has 0 radical (unpaired) electrons. The van der Waals surface area contributed by atoms with Crippen molar-refractivity contribution in [2.24, 2.45) is 0 Å². The van der Waals surface area contributed by atoms with Crippen LogP contribution in [0.2, 0.25) is 0 Å². The van der Waals surface area contributed by atoms with Gasteiger partial charge in [-0.25, -0.2) is 4.57 Å². The summed E-state index contributed by atoms with van der Waals surface area (Å²) in [6.45, 7) is 0. The maximum Gasteiger partial charge on any atom is 0.403 e. The molecule has 1 atom stereocenters. The Balaban J connectivity index is 3.00. The first kappa shape index (κ1) is 13.4. The van der Waals surface area contributed by atoms with Gasteiger partial charge in [-0.05, 0) is 23.8 Å². The number of phenols is 1. The third-order valence-corrected chi connectivity index (χ3v) is 2.24. The van der Waals surface area contributed by atoms with E-state index in [1.807, 2.05) is 0 Å². The van der Waals surface area contributed by atoms with Crippen LogP contribution in [0.3, 0.4) is 0 Å². The maximum absolute atomic E-state index is 11.9. The molecule has 1 unspecified atom stereocenters. The summed E-state index contributed by atoms with van der Waals surface area (Å²) < 4.78 is 36.1. The van der Waals surface area contributed by atoms with Crippen LogP contribution in [0.15, 0.2) is 18.4 Å². The molecule has 17 heavy (non-hydrogen) atoms. The van der Waals surface area contributed by atoms with E-state index in [1.54, 1.807) is 0 Å². The molecule has 0 bridgehead atoms. The Morgan fingerprint density at radius 3 is 2.24 bits per heavy atom. The van der Waals surface area contributed by atoms with Crippen molar-refractivity contribution in [3.8, 4) is 17.2 Å². The van der Waals surface area contributed by atoms with Crippen LogP contribution in [0.1, 0.15) is 5.56 Å². The summed E-state index contributed by atoms with van der Waals surface area (Å²) in [5.74, 6) is 0.279. The highest BCUT2D eigenvalue weighted by atomic mass is 31.2. The SMILES string of the molecule is COc1cc(C=CO[PH](=O)F)cc(OC)c1O. The lowest BCUT2D eigenvalue weighted by atomic mass is 10.2. The Morgan fingerprint density at radius 1 is 1.29 bits per heavy atom. The van der Waals surface area contributed by atoms with Gasteiger partial charge in [-0.3, -0.25) is 0 Å². The van der Waals surface area contributed by atoms with Crippen molar-refractivity contribution in [2.45, 2.75) is 0 Å². The summed E-state index contributed by atoms with van der Waals surface area (Å²) in [5, 5.41) is 9.62. The number of methoxy groups -OCH3 is 2. The van der Waals surface area contributed by atoms with E-state index in [-0.39, 0.29) is 17.2 Å². The fourth-order valence-corrected chi connectivity index (χ4v) is 1.35. The summed E-state index contributed by atoms with van der Waals surface area (Å²) in [6, 6.07) is 2.99. The lowest BCUT2D eigenvalue weighted by Crippen LogP contribution is -1.90. The lowest BCUT2D eigenvalue weighted by molar-refractivity contribution is 0.339. The summed E-state index contributed by atoms with van der Waals surface area (Å²) in [4.78, 5) is 0. The van der Waals surface area contributed by atoms with Crippen molar-refractivity contribution in [1.29, 1.82) is 0 Å². The number of hydrogen-bond donors (Lipinski definition) is 1. The second kappa shape index (κ2) is 6.15. The normalized spacial score (nSPS) is 12.4. The van der Waals surface area contributed by atoms with Crippen LogP contribution in [0.25, 0.3) is 6.08 Å².